The van der Waals surface area contributed by atoms with E-state index < -0.39 is 0 Å². The van der Waals surface area contributed by atoms with E-state index in [1.165, 1.54) is 17.5 Å². The Balaban J connectivity index is 1.49. The predicted molar refractivity (Wildman–Crippen MR) is 115 cm³/mol. The zero-order chi connectivity index (χ0) is 20.5. The molecule has 152 valence electrons. The molecule has 30 heavy (non-hydrogen) atoms. The third kappa shape index (κ3) is 3.88. The minimum absolute atomic E-state index is 0.110. The summed E-state index contributed by atoms with van der Waals surface area (Å²) in [6, 6.07) is 13.7. The Hall–Kier alpha value is -2.96. The Kier molecular flexibility index (Phi) is 5.11. The molecular weight excluding hydrogens is 400 g/mol. The number of nitrogens with zero attached hydrogens (tertiary/aromatic N) is 3. The minimum Gasteiger partial charge on any atom is -0.453 e. The molecule has 0 saturated carbocycles. The fraction of sp³-hybridized carbons (Fsp3) is 0.261. The summed E-state index contributed by atoms with van der Waals surface area (Å²) in [7, 11) is 0. The quantitative estimate of drug-likeness (QED) is 0.660. The highest BCUT2D eigenvalue weighted by Crippen LogP contribution is 2.30. The van der Waals surface area contributed by atoms with Gasteiger partial charge in [-0.05, 0) is 61.1 Å². The van der Waals surface area contributed by atoms with E-state index in [-0.39, 0.29) is 6.04 Å². The summed E-state index contributed by atoms with van der Waals surface area (Å²) in [5.41, 5.74) is 7.47. The van der Waals surface area contributed by atoms with Gasteiger partial charge < -0.3 is 4.74 Å². The lowest BCUT2D eigenvalue weighted by Gasteiger charge is -2.23. The molecule has 3 aromatic rings. The van der Waals surface area contributed by atoms with Crippen molar-refractivity contribution in [1.29, 1.82) is 0 Å². The third-order valence-electron chi connectivity index (χ3n) is 5.33. The lowest BCUT2D eigenvalue weighted by molar-refractivity contribution is 0.0619. The smallest absolute Gasteiger partial charge is 0.176 e. The van der Waals surface area contributed by atoms with Gasteiger partial charge in [-0.15, -0.1) is 0 Å². The van der Waals surface area contributed by atoms with E-state index in [1.807, 2.05) is 19.1 Å². The Labute approximate surface area is 179 Å². The molecule has 7 heteroatoms. The lowest BCUT2D eigenvalue weighted by atomic mass is 10.0. The number of hydrogen-bond donors (Lipinski definition) is 1. The molecule has 2 aliphatic rings. The number of hydroxylamine groups is 1. The van der Waals surface area contributed by atoms with Crippen LogP contribution >= 0.6 is 11.6 Å². The van der Waals surface area contributed by atoms with Crippen LogP contribution in [0, 0.1) is 6.92 Å². The Morgan fingerprint density at radius 3 is 2.93 bits per heavy atom. The van der Waals surface area contributed by atoms with Crippen molar-refractivity contribution in [3.05, 3.63) is 81.9 Å². The van der Waals surface area contributed by atoms with Crippen molar-refractivity contribution in [1.82, 2.24) is 15.4 Å². The lowest BCUT2D eigenvalue weighted by Crippen LogP contribution is -2.33. The van der Waals surface area contributed by atoms with Gasteiger partial charge in [-0.2, -0.15) is 0 Å². The van der Waals surface area contributed by atoms with Gasteiger partial charge in [0.1, 0.15) is 24.2 Å². The Morgan fingerprint density at radius 2 is 2.03 bits per heavy atom. The van der Waals surface area contributed by atoms with E-state index >= 15 is 0 Å². The van der Waals surface area contributed by atoms with E-state index in [1.54, 1.807) is 18.3 Å². The molecule has 0 radical (unpaired) electrons. The molecule has 5 rings (SSSR count). The van der Waals surface area contributed by atoms with E-state index in [4.69, 9.17) is 26.2 Å². The molecule has 0 bridgehead atoms. The van der Waals surface area contributed by atoms with Crippen LogP contribution in [-0.4, -0.2) is 22.4 Å². The number of fused-ring (bicyclic) bond motifs is 1. The van der Waals surface area contributed by atoms with Gasteiger partial charge in [-0.25, -0.2) is 15.4 Å². The van der Waals surface area contributed by atoms with Crippen LogP contribution in [0.2, 0.25) is 5.02 Å². The fourth-order valence-electron chi connectivity index (χ4n) is 3.85. The zero-order valence-electron chi connectivity index (χ0n) is 16.6. The van der Waals surface area contributed by atoms with Crippen LogP contribution < -0.4 is 10.2 Å². The van der Waals surface area contributed by atoms with Crippen molar-refractivity contribution in [2.75, 3.05) is 6.61 Å². The average molecular weight is 421 g/mol. The van der Waals surface area contributed by atoms with Crippen LogP contribution in [0.5, 0.6) is 11.5 Å². The number of aliphatic imine (C=N–C) groups is 1. The van der Waals surface area contributed by atoms with Gasteiger partial charge in [0, 0.05) is 5.02 Å². The first-order valence-corrected chi connectivity index (χ1v) is 10.4. The molecule has 0 spiro atoms. The molecule has 0 amide bonds. The highest BCUT2D eigenvalue weighted by atomic mass is 35.5. The second-order valence-corrected chi connectivity index (χ2v) is 7.91. The van der Waals surface area contributed by atoms with Gasteiger partial charge in [0.05, 0.1) is 6.20 Å². The molecule has 2 aromatic carbocycles. The molecule has 0 unspecified atom stereocenters. The molecule has 1 aliphatic carbocycles. The number of ether oxygens (including phenoxy) is 1. The number of aryl methyl sites for hydroxylation is 3. The molecule has 1 aromatic heterocycles. The van der Waals surface area contributed by atoms with E-state index in [9.17, 15) is 0 Å². The number of aromatic nitrogens is 2. The normalized spacial score (nSPS) is 17.8. The molecule has 1 aliphatic heterocycles. The first kappa shape index (κ1) is 19.0. The van der Waals surface area contributed by atoms with Gasteiger partial charge >= 0.3 is 0 Å². The van der Waals surface area contributed by atoms with Crippen molar-refractivity contribution in [2.45, 2.75) is 32.2 Å². The third-order valence-corrected chi connectivity index (χ3v) is 5.56. The van der Waals surface area contributed by atoms with Crippen LogP contribution in [0.15, 0.2) is 53.7 Å². The van der Waals surface area contributed by atoms with Crippen molar-refractivity contribution in [2.24, 2.45) is 4.99 Å². The standard InChI is InChI=1S/C23H21ClN4O2/c1-14-25-12-21(30-19-7-3-6-18(24)11-19)22(26-14)23-27-20(13-29-28-23)17-9-8-15-4-2-5-16(15)10-17/h3,6-12,20H,2,4-5,13H2,1H3,(H,27,28)/t20-/m0/s1. The van der Waals surface area contributed by atoms with E-state index in [2.05, 4.69) is 33.6 Å². The molecular formula is C23H21ClN4O2. The van der Waals surface area contributed by atoms with Crippen LogP contribution in [-0.2, 0) is 17.7 Å². The monoisotopic (exact) mass is 420 g/mol. The summed E-state index contributed by atoms with van der Waals surface area (Å²) < 4.78 is 6.01. The molecule has 0 saturated heterocycles. The summed E-state index contributed by atoms with van der Waals surface area (Å²) in [4.78, 5) is 19.4. The van der Waals surface area contributed by atoms with Crippen LogP contribution in [0.1, 0.15) is 40.7 Å². The van der Waals surface area contributed by atoms with Crippen molar-refractivity contribution in [3.63, 3.8) is 0 Å². The van der Waals surface area contributed by atoms with Crippen LogP contribution in [0.3, 0.4) is 0 Å². The fourth-order valence-corrected chi connectivity index (χ4v) is 4.03. The molecule has 1 N–H and O–H groups in total. The van der Waals surface area contributed by atoms with Gasteiger partial charge in [0.25, 0.3) is 0 Å². The molecule has 0 fully saturated rings. The Bertz CT molecular complexity index is 1130. The van der Waals surface area contributed by atoms with E-state index in [0.717, 1.165) is 18.4 Å². The number of benzene rings is 2. The minimum atomic E-state index is -0.110. The summed E-state index contributed by atoms with van der Waals surface area (Å²) in [5, 5.41) is 0.593. The summed E-state index contributed by atoms with van der Waals surface area (Å²) in [6.07, 6.45) is 5.16. The van der Waals surface area contributed by atoms with Crippen molar-refractivity contribution in [3.8, 4) is 11.5 Å². The molecule has 1 atom stereocenters. The van der Waals surface area contributed by atoms with Crippen LogP contribution in [0.25, 0.3) is 0 Å². The largest absolute Gasteiger partial charge is 0.453 e. The molecule has 2 heterocycles. The Morgan fingerprint density at radius 1 is 1.13 bits per heavy atom. The second kappa shape index (κ2) is 8.05. The van der Waals surface area contributed by atoms with Gasteiger partial charge in [0.2, 0.25) is 0 Å². The number of halogens is 1. The number of rotatable bonds is 4. The van der Waals surface area contributed by atoms with Crippen molar-refractivity contribution >= 4 is 17.4 Å². The van der Waals surface area contributed by atoms with Crippen LogP contribution in [0.4, 0.5) is 0 Å². The first-order chi connectivity index (χ1) is 14.7. The maximum atomic E-state index is 6.08. The second-order valence-electron chi connectivity index (χ2n) is 7.48. The maximum Gasteiger partial charge on any atom is 0.176 e. The zero-order valence-corrected chi connectivity index (χ0v) is 17.3. The predicted octanol–water partition coefficient (Wildman–Crippen LogP) is 4.74. The topological polar surface area (TPSA) is 68.6 Å². The number of hydrogen-bond acceptors (Lipinski definition) is 6. The SMILES string of the molecule is Cc1ncc(Oc2cccc(Cl)c2)c(C2=N[C@H](c3ccc4c(c3)CCC4)CON2)n1. The van der Waals surface area contributed by atoms with Crippen molar-refractivity contribution < 1.29 is 9.57 Å². The average Bonchev–Trinajstić information content (AvgIpc) is 3.23. The summed E-state index contributed by atoms with van der Waals surface area (Å²) >= 11 is 6.08. The summed E-state index contributed by atoms with van der Waals surface area (Å²) in [6.45, 7) is 2.28. The highest BCUT2D eigenvalue weighted by molar-refractivity contribution is 6.30. The maximum absolute atomic E-state index is 6.08. The van der Waals surface area contributed by atoms with Gasteiger partial charge in [-0.1, -0.05) is 35.9 Å². The number of nitrogens with one attached hydrogen (secondary N) is 1. The van der Waals surface area contributed by atoms with Gasteiger partial charge in [0.15, 0.2) is 17.3 Å². The van der Waals surface area contributed by atoms with E-state index in [0.29, 0.717) is 40.5 Å². The first-order valence-electron chi connectivity index (χ1n) is 10.0. The van der Waals surface area contributed by atoms with Gasteiger partial charge in [-0.3, -0.25) is 9.83 Å². The number of amidine groups is 1. The highest BCUT2D eigenvalue weighted by Gasteiger charge is 2.24. The summed E-state index contributed by atoms with van der Waals surface area (Å²) in [5.74, 6) is 2.22. The molecule has 6 nitrogen and oxygen atoms in total.